The Morgan fingerprint density at radius 3 is 2.79 bits per heavy atom. The Hall–Kier alpha value is -3.42. The van der Waals surface area contributed by atoms with Crippen molar-refractivity contribution in [1.82, 2.24) is 20.3 Å². The van der Waals surface area contributed by atoms with Crippen LogP contribution < -0.4 is 10.6 Å². The summed E-state index contributed by atoms with van der Waals surface area (Å²) in [5.41, 5.74) is 4.85. The second-order valence-electron chi connectivity index (χ2n) is 7.83. The number of aromatic nitrogens is 3. The number of nitrogens with one attached hydrogen (secondary N) is 3. The summed E-state index contributed by atoms with van der Waals surface area (Å²) in [5.74, 6) is 0.464. The Balaban J connectivity index is 1.90. The molecule has 2 aromatic heterocycles. The van der Waals surface area contributed by atoms with Gasteiger partial charge in [0.15, 0.2) is 5.82 Å². The van der Waals surface area contributed by atoms with Gasteiger partial charge in [0, 0.05) is 35.5 Å². The van der Waals surface area contributed by atoms with Crippen LogP contribution in [0.25, 0.3) is 22.3 Å². The minimum absolute atomic E-state index is 0.0633. The quantitative estimate of drug-likeness (QED) is 0.318. The van der Waals surface area contributed by atoms with E-state index in [1.807, 2.05) is 45.0 Å². The summed E-state index contributed by atoms with van der Waals surface area (Å²) in [6, 6.07) is 7.56. The molecule has 144 valence electrons. The fraction of sp³-hybridized carbons (Fsp3) is 0.300. The number of amides is 1. The zero-order valence-corrected chi connectivity index (χ0v) is 16.0. The van der Waals surface area contributed by atoms with Crippen LogP contribution in [0.5, 0.6) is 0 Å². The monoisotopic (exact) mass is 378 g/mol. The molecule has 1 aliphatic rings. The first-order valence-electron chi connectivity index (χ1n) is 9.12. The van der Waals surface area contributed by atoms with Crippen LogP contribution in [-0.2, 0) is 6.42 Å². The van der Waals surface area contributed by atoms with E-state index >= 15 is 0 Å². The van der Waals surface area contributed by atoms with E-state index in [-0.39, 0.29) is 11.4 Å². The average Bonchev–Trinajstić information content (AvgIpc) is 3.06. The Bertz CT molecular complexity index is 1090. The lowest BCUT2D eigenvalue weighted by Gasteiger charge is -2.22. The van der Waals surface area contributed by atoms with E-state index in [0.29, 0.717) is 34.7 Å². The lowest BCUT2D eigenvalue weighted by Crippen LogP contribution is -2.31. The third kappa shape index (κ3) is 3.28. The molecule has 3 aromatic rings. The number of rotatable bonds is 3. The maximum Gasteiger partial charge on any atom is 0.253 e. The van der Waals surface area contributed by atoms with Gasteiger partial charge in [-0.1, -0.05) is 17.3 Å². The van der Waals surface area contributed by atoms with E-state index in [4.69, 9.17) is 10.2 Å². The van der Waals surface area contributed by atoms with Gasteiger partial charge in [-0.2, -0.15) is 0 Å². The number of oxime groups is 1. The Morgan fingerprint density at radius 2 is 2.07 bits per heavy atom. The number of nitrogens with zero attached hydrogens (tertiary/aromatic N) is 3. The van der Waals surface area contributed by atoms with Crippen molar-refractivity contribution in [3.05, 3.63) is 41.2 Å². The molecule has 1 aliphatic heterocycles. The molecule has 0 saturated heterocycles. The van der Waals surface area contributed by atoms with Gasteiger partial charge in [0.1, 0.15) is 11.2 Å². The summed E-state index contributed by atoms with van der Waals surface area (Å²) in [6.07, 6.45) is 2.04. The van der Waals surface area contributed by atoms with Crippen LogP contribution in [0.4, 0.5) is 5.82 Å². The molecule has 0 spiro atoms. The second-order valence-corrected chi connectivity index (χ2v) is 7.83. The van der Waals surface area contributed by atoms with E-state index in [0.717, 1.165) is 23.4 Å². The fourth-order valence-corrected chi connectivity index (χ4v) is 3.34. The highest BCUT2D eigenvalue weighted by Crippen LogP contribution is 2.30. The number of H-pyrrole nitrogens is 1. The van der Waals surface area contributed by atoms with Gasteiger partial charge in [-0.15, -0.1) is 0 Å². The Labute approximate surface area is 162 Å². The smallest absolute Gasteiger partial charge is 0.253 e. The maximum atomic E-state index is 12.1. The molecule has 4 rings (SSSR count). The minimum Gasteiger partial charge on any atom is -0.411 e. The number of hydrogen-bond donors (Lipinski definition) is 4. The number of carbonyl (C=O) groups is 1. The van der Waals surface area contributed by atoms with Crippen LogP contribution >= 0.6 is 0 Å². The van der Waals surface area contributed by atoms with Crippen LogP contribution in [-0.4, -0.2) is 44.4 Å². The van der Waals surface area contributed by atoms with Crippen LogP contribution in [0.15, 0.2) is 29.4 Å². The van der Waals surface area contributed by atoms with Crippen molar-refractivity contribution in [2.75, 3.05) is 11.9 Å². The minimum atomic E-state index is -0.251. The summed E-state index contributed by atoms with van der Waals surface area (Å²) in [7, 11) is 0. The van der Waals surface area contributed by atoms with Crippen molar-refractivity contribution < 1.29 is 10.0 Å². The number of para-hydroxylation sites is 1. The summed E-state index contributed by atoms with van der Waals surface area (Å²) >= 11 is 0. The van der Waals surface area contributed by atoms with Crippen LogP contribution in [0.3, 0.4) is 0 Å². The van der Waals surface area contributed by atoms with Crippen molar-refractivity contribution in [2.24, 2.45) is 5.16 Å². The number of hydrogen-bond acceptors (Lipinski definition) is 6. The van der Waals surface area contributed by atoms with E-state index in [1.54, 1.807) is 0 Å². The number of carbonyl (C=O) groups excluding carboxylic acids is 1. The lowest BCUT2D eigenvalue weighted by molar-refractivity contribution is 0.0946. The lowest BCUT2D eigenvalue weighted by atomic mass is 10.1. The molecule has 0 atom stereocenters. The van der Waals surface area contributed by atoms with Crippen molar-refractivity contribution in [3.63, 3.8) is 0 Å². The van der Waals surface area contributed by atoms with Gasteiger partial charge in [-0.3, -0.25) is 4.79 Å². The van der Waals surface area contributed by atoms with Crippen molar-refractivity contribution in [3.8, 4) is 11.3 Å². The van der Waals surface area contributed by atoms with Gasteiger partial charge in [0.05, 0.1) is 17.3 Å². The Kier molecular flexibility index (Phi) is 4.26. The van der Waals surface area contributed by atoms with Gasteiger partial charge in [-0.05, 0) is 32.9 Å². The predicted octanol–water partition coefficient (Wildman–Crippen LogP) is 2.93. The van der Waals surface area contributed by atoms with Crippen molar-refractivity contribution in [1.29, 1.82) is 0 Å². The highest BCUT2D eigenvalue weighted by atomic mass is 16.4. The highest BCUT2D eigenvalue weighted by molar-refractivity contribution is 6.00. The molecule has 8 nitrogen and oxygen atoms in total. The largest absolute Gasteiger partial charge is 0.411 e. The topological polar surface area (TPSA) is 115 Å². The molecule has 0 unspecified atom stereocenters. The summed E-state index contributed by atoms with van der Waals surface area (Å²) in [4.78, 5) is 24.9. The van der Waals surface area contributed by atoms with Crippen molar-refractivity contribution >= 4 is 29.0 Å². The molecule has 8 heteroatoms. The summed E-state index contributed by atoms with van der Waals surface area (Å²) in [5, 5.41) is 18.3. The number of anilines is 1. The number of benzene rings is 1. The first kappa shape index (κ1) is 18.0. The molecule has 0 aliphatic carbocycles. The predicted molar refractivity (Wildman–Crippen MR) is 108 cm³/mol. The van der Waals surface area contributed by atoms with Gasteiger partial charge in [-0.25, -0.2) is 9.97 Å². The first-order chi connectivity index (χ1) is 13.4. The number of fused-ring (bicyclic) bond motifs is 2. The van der Waals surface area contributed by atoms with E-state index < -0.39 is 0 Å². The molecular formula is C20H22N6O2. The molecule has 0 radical (unpaired) electrons. The molecule has 4 N–H and O–H groups in total. The van der Waals surface area contributed by atoms with Crippen LogP contribution in [0.2, 0.25) is 0 Å². The summed E-state index contributed by atoms with van der Waals surface area (Å²) in [6.45, 7) is 6.68. The molecule has 1 amide bonds. The zero-order chi connectivity index (χ0) is 19.9. The van der Waals surface area contributed by atoms with Crippen LogP contribution in [0, 0.1) is 0 Å². The molecule has 0 bridgehead atoms. The molecule has 28 heavy (non-hydrogen) atoms. The number of aromatic amines is 1. The van der Waals surface area contributed by atoms with E-state index in [2.05, 4.69) is 25.8 Å². The molecule has 0 saturated carbocycles. The Morgan fingerprint density at radius 1 is 1.25 bits per heavy atom. The first-order valence-corrected chi connectivity index (χ1v) is 9.12. The van der Waals surface area contributed by atoms with Crippen molar-refractivity contribution in [2.45, 2.75) is 32.7 Å². The maximum absolute atomic E-state index is 12.1. The molecule has 0 fully saturated rings. The standard InChI is InChI=1S/C20H22N6O2/c1-20(2,3)26-18-16(10-22-28)24-14-6-4-5-11(17(14)25-18)15-9-12-13(23-15)7-8-21-19(12)27/h4-6,9-10,23,28H,7-8H2,1-3H3,(H,21,27)(H,25,26)/b22-10+. The summed E-state index contributed by atoms with van der Waals surface area (Å²) < 4.78 is 0. The molecule has 3 heterocycles. The van der Waals surface area contributed by atoms with Gasteiger partial charge in [0.2, 0.25) is 0 Å². The third-order valence-corrected chi connectivity index (χ3v) is 4.49. The van der Waals surface area contributed by atoms with E-state index in [1.165, 1.54) is 6.21 Å². The van der Waals surface area contributed by atoms with Gasteiger partial charge in [0.25, 0.3) is 5.91 Å². The molecule has 1 aromatic carbocycles. The van der Waals surface area contributed by atoms with Crippen LogP contribution in [0.1, 0.15) is 42.5 Å². The normalized spacial score (nSPS) is 14.3. The molecular weight excluding hydrogens is 356 g/mol. The highest BCUT2D eigenvalue weighted by Gasteiger charge is 2.22. The fourth-order valence-electron chi connectivity index (χ4n) is 3.34. The van der Waals surface area contributed by atoms with Gasteiger partial charge >= 0.3 is 0 Å². The van der Waals surface area contributed by atoms with E-state index in [9.17, 15) is 4.79 Å². The SMILES string of the molecule is CC(C)(C)Nc1nc2c(-c3cc4c([nH]3)CCNC4=O)cccc2nc1/C=N/O. The zero-order valence-electron chi connectivity index (χ0n) is 16.0. The van der Waals surface area contributed by atoms with Gasteiger partial charge < -0.3 is 20.8 Å². The third-order valence-electron chi connectivity index (χ3n) is 4.49. The average molecular weight is 378 g/mol. The second kappa shape index (κ2) is 6.63.